The molecule has 1 heterocycles. The van der Waals surface area contributed by atoms with Gasteiger partial charge in [0.05, 0.1) is 0 Å². The molecule has 2 unspecified atom stereocenters. The van der Waals surface area contributed by atoms with Gasteiger partial charge in [-0.1, -0.05) is 32.0 Å². The molecule has 3 nitrogen and oxygen atoms in total. The van der Waals surface area contributed by atoms with Crippen molar-refractivity contribution >= 4 is 5.69 Å². The minimum Gasteiger partial charge on any atom is -0.369 e. The summed E-state index contributed by atoms with van der Waals surface area (Å²) in [7, 11) is 0. The Bertz CT molecular complexity index is 385. The molecule has 2 atom stereocenters. The predicted molar refractivity (Wildman–Crippen MR) is 92.0 cm³/mol. The van der Waals surface area contributed by atoms with Crippen LogP contribution in [0.25, 0.3) is 0 Å². The van der Waals surface area contributed by atoms with E-state index in [1.807, 2.05) is 0 Å². The molecular formula is C18H31N3. The second-order valence-electron chi connectivity index (χ2n) is 6.28. The van der Waals surface area contributed by atoms with Gasteiger partial charge in [-0.15, -0.1) is 0 Å². The fraction of sp³-hybridized carbons (Fsp3) is 0.667. The molecule has 3 heteroatoms. The quantitative estimate of drug-likeness (QED) is 0.779. The lowest BCUT2D eigenvalue weighted by Gasteiger charge is -2.41. The van der Waals surface area contributed by atoms with Gasteiger partial charge in [-0.2, -0.15) is 0 Å². The normalized spacial score (nSPS) is 19.5. The van der Waals surface area contributed by atoms with Crippen LogP contribution in [0.1, 0.15) is 27.2 Å². The zero-order valence-electron chi connectivity index (χ0n) is 13.9. The highest BCUT2D eigenvalue weighted by Crippen LogP contribution is 2.18. The van der Waals surface area contributed by atoms with Gasteiger partial charge in [-0.25, -0.2) is 0 Å². The van der Waals surface area contributed by atoms with E-state index in [9.17, 15) is 0 Å². The Kier molecular flexibility index (Phi) is 6.52. The fourth-order valence-corrected chi connectivity index (χ4v) is 3.06. The minimum atomic E-state index is 0.660. The molecule has 0 bridgehead atoms. The van der Waals surface area contributed by atoms with E-state index >= 15 is 0 Å². The van der Waals surface area contributed by atoms with Crippen LogP contribution in [-0.4, -0.2) is 50.2 Å². The molecule has 1 aromatic carbocycles. The van der Waals surface area contributed by atoms with Crippen molar-refractivity contribution in [2.45, 2.75) is 33.2 Å². The van der Waals surface area contributed by atoms with Crippen LogP contribution in [0.3, 0.4) is 0 Å². The first-order valence-electron chi connectivity index (χ1n) is 8.47. The van der Waals surface area contributed by atoms with Crippen molar-refractivity contribution in [1.29, 1.82) is 0 Å². The van der Waals surface area contributed by atoms with Crippen molar-refractivity contribution in [2.24, 2.45) is 5.92 Å². The second kappa shape index (κ2) is 8.40. The van der Waals surface area contributed by atoms with E-state index < -0.39 is 0 Å². The molecule has 0 radical (unpaired) electrons. The zero-order valence-corrected chi connectivity index (χ0v) is 13.9. The van der Waals surface area contributed by atoms with Crippen molar-refractivity contribution < 1.29 is 0 Å². The number of benzene rings is 1. The Morgan fingerprint density at radius 3 is 2.33 bits per heavy atom. The van der Waals surface area contributed by atoms with Gasteiger partial charge in [-0.3, -0.25) is 4.90 Å². The number of nitrogens with zero attached hydrogens (tertiary/aromatic N) is 2. The van der Waals surface area contributed by atoms with E-state index in [0.717, 1.165) is 26.2 Å². The summed E-state index contributed by atoms with van der Waals surface area (Å²) < 4.78 is 0. The highest BCUT2D eigenvalue weighted by atomic mass is 15.3. The van der Waals surface area contributed by atoms with Crippen LogP contribution in [0.4, 0.5) is 5.69 Å². The standard InChI is InChI=1S/C18H31N3/c1-4-10-19-15-16(2)17(3)20-11-13-21(14-12-20)18-8-6-5-7-9-18/h5-9,16-17,19H,4,10-15H2,1-3H3. The van der Waals surface area contributed by atoms with Crippen LogP contribution >= 0.6 is 0 Å². The molecule has 0 saturated carbocycles. The van der Waals surface area contributed by atoms with Crippen LogP contribution in [0.15, 0.2) is 30.3 Å². The van der Waals surface area contributed by atoms with E-state index in [2.05, 4.69) is 66.2 Å². The Hall–Kier alpha value is -1.06. The van der Waals surface area contributed by atoms with E-state index in [1.54, 1.807) is 0 Å². The SMILES string of the molecule is CCCNCC(C)C(C)N1CCN(c2ccccc2)CC1. The first-order chi connectivity index (χ1) is 10.2. The third kappa shape index (κ3) is 4.72. The van der Waals surface area contributed by atoms with Crippen LogP contribution in [-0.2, 0) is 0 Å². The largest absolute Gasteiger partial charge is 0.369 e. The molecule has 1 aliphatic heterocycles. The summed E-state index contributed by atoms with van der Waals surface area (Å²) in [4.78, 5) is 5.15. The second-order valence-corrected chi connectivity index (χ2v) is 6.28. The summed E-state index contributed by atoms with van der Waals surface area (Å²) in [5, 5.41) is 3.55. The molecule has 1 fully saturated rings. The summed E-state index contributed by atoms with van der Waals surface area (Å²) in [6, 6.07) is 11.4. The highest BCUT2D eigenvalue weighted by Gasteiger charge is 2.24. The summed E-state index contributed by atoms with van der Waals surface area (Å²) in [5.41, 5.74) is 1.36. The van der Waals surface area contributed by atoms with E-state index in [4.69, 9.17) is 0 Å². The average Bonchev–Trinajstić information content (AvgIpc) is 2.55. The minimum absolute atomic E-state index is 0.660. The molecule has 1 aliphatic rings. The molecule has 2 rings (SSSR count). The summed E-state index contributed by atoms with van der Waals surface area (Å²) in [5.74, 6) is 0.708. The van der Waals surface area contributed by atoms with Gasteiger partial charge in [0.1, 0.15) is 0 Å². The maximum absolute atomic E-state index is 3.55. The molecule has 1 N–H and O–H groups in total. The molecule has 0 amide bonds. The van der Waals surface area contributed by atoms with Gasteiger partial charge in [0, 0.05) is 37.9 Å². The van der Waals surface area contributed by atoms with E-state index in [1.165, 1.54) is 25.2 Å². The maximum Gasteiger partial charge on any atom is 0.0367 e. The van der Waals surface area contributed by atoms with Crippen LogP contribution in [0.5, 0.6) is 0 Å². The molecule has 0 aliphatic carbocycles. The summed E-state index contributed by atoms with van der Waals surface area (Å²) >= 11 is 0. The lowest BCUT2D eigenvalue weighted by molar-refractivity contribution is 0.151. The first kappa shape index (κ1) is 16.3. The highest BCUT2D eigenvalue weighted by molar-refractivity contribution is 5.46. The summed E-state index contributed by atoms with van der Waals surface area (Å²) in [6.45, 7) is 13.9. The first-order valence-corrected chi connectivity index (χ1v) is 8.47. The summed E-state index contributed by atoms with van der Waals surface area (Å²) in [6.07, 6.45) is 1.22. The number of rotatable bonds is 7. The van der Waals surface area contributed by atoms with Gasteiger partial charge in [0.25, 0.3) is 0 Å². The van der Waals surface area contributed by atoms with Crippen molar-refractivity contribution in [3.8, 4) is 0 Å². The van der Waals surface area contributed by atoms with Gasteiger partial charge in [0.2, 0.25) is 0 Å². The number of hydrogen-bond acceptors (Lipinski definition) is 3. The molecule has 0 spiro atoms. The third-order valence-corrected chi connectivity index (χ3v) is 4.73. The van der Waals surface area contributed by atoms with Crippen molar-refractivity contribution in [3.05, 3.63) is 30.3 Å². The van der Waals surface area contributed by atoms with Crippen molar-refractivity contribution in [3.63, 3.8) is 0 Å². The molecule has 1 saturated heterocycles. The topological polar surface area (TPSA) is 18.5 Å². The maximum atomic E-state index is 3.55. The lowest BCUT2D eigenvalue weighted by atomic mass is 10.0. The number of nitrogens with one attached hydrogen (secondary N) is 1. The van der Waals surface area contributed by atoms with Crippen molar-refractivity contribution in [2.75, 3.05) is 44.2 Å². The fourth-order valence-electron chi connectivity index (χ4n) is 3.06. The van der Waals surface area contributed by atoms with Gasteiger partial charge in [-0.05, 0) is 44.5 Å². The number of piperazine rings is 1. The van der Waals surface area contributed by atoms with Crippen LogP contribution in [0, 0.1) is 5.92 Å². The average molecular weight is 289 g/mol. The Balaban J connectivity index is 1.77. The van der Waals surface area contributed by atoms with Gasteiger partial charge in [0.15, 0.2) is 0 Å². The lowest BCUT2D eigenvalue weighted by Crippen LogP contribution is -2.52. The van der Waals surface area contributed by atoms with Crippen molar-refractivity contribution in [1.82, 2.24) is 10.2 Å². The monoisotopic (exact) mass is 289 g/mol. The molecular weight excluding hydrogens is 258 g/mol. The molecule has 118 valence electrons. The third-order valence-electron chi connectivity index (χ3n) is 4.73. The molecule has 1 aromatic rings. The Morgan fingerprint density at radius 2 is 1.71 bits per heavy atom. The van der Waals surface area contributed by atoms with E-state index in [-0.39, 0.29) is 0 Å². The van der Waals surface area contributed by atoms with Gasteiger partial charge >= 0.3 is 0 Å². The Labute approximate surface area is 130 Å². The zero-order chi connectivity index (χ0) is 15.1. The van der Waals surface area contributed by atoms with E-state index in [0.29, 0.717) is 12.0 Å². The number of para-hydroxylation sites is 1. The van der Waals surface area contributed by atoms with Crippen LogP contribution in [0.2, 0.25) is 0 Å². The molecule has 0 aromatic heterocycles. The predicted octanol–water partition coefficient (Wildman–Crippen LogP) is 2.83. The van der Waals surface area contributed by atoms with Gasteiger partial charge < -0.3 is 10.2 Å². The Morgan fingerprint density at radius 1 is 1.05 bits per heavy atom. The van der Waals surface area contributed by atoms with Crippen LogP contribution < -0.4 is 10.2 Å². The number of anilines is 1. The number of hydrogen-bond donors (Lipinski definition) is 1. The smallest absolute Gasteiger partial charge is 0.0367 e. The molecule has 21 heavy (non-hydrogen) atoms.